The van der Waals surface area contributed by atoms with Crippen LogP contribution < -0.4 is 5.32 Å². The van der Waals surface area contributed by atoms with Crippen LogP contribution in [0, 0.1) is 5.41 Å². The maximum Gasteiger partial charge on any atom is 0.160 e. The SMILES string of the molecule is N=C(/C(=C1\NC(c2ccccc2)=Cc2cc(-c3cccc(-c4ccc(-c5cc(-c6ccccc6)nc(-c6ccccc6)n5)cc4)c3)ccc21)c1ccccc1)c1ccccc1. The summed E-state index contributed by atoms with van der Waals surface area (Å²) in [4.78, 5) is 10.0. The molecule has 2 heterocycles. The van der Waals surface area contributed by atoms with Crippen LogP contribution in [0.5, 0.6) is 0 Å². The smallest absolute Gasteiger partial charge is 0.160 e. The topological polar surface area (TPSA) is 61.7 Å². The fraction of sp³-hybridized carbons (Fsp3) is 0. The lowest BCUT2D eigenvalue weighted by molar-refractivity contribution is 1.18. The van der Waals surface area contributed by atoms with Gasteiger partial charge in [0.05, 0.1) is 22.8 Å². The van der Waals surface area contributed by atoms with Crippen molar-refractivity contribution in [3.05, 3.63) is 252 Å². The van der Waals surface area contributed by atoms with Gasteiger partial charge in [-0.25, -0.2) is 9.97 Å². The summed E-state index contributed by atoms with van der Waals surface area (Å²) in [6.45, 7) is 0. The standard InChI is InChI=1S/C57H40N4/c58-55(44-23-12-4-13-24-44)54(43-21-10-3-11-22-43)56-50-34-33-48(36-49(50)37-51(59-56)40-17-6-1-7-18-40)47-28-16-27-46(35-47)39-29-31-42(32-30-39)53-38-52(41-19-8-2-9-20-41)60-57(61-53)45-25-14-5-15-26-45/h1-38,58-59H/b56-54-,58-55?. The van der Waals surface area contributed by atoms with Gasteiger partial charge in [0.2, 0.25) is 0 Å². The number of hydrogen-bond acceptors (Lipinski definition) is 4. The third-order valence-corrected chi connectivity index (χ3v) is 11.1. The molecule has 1 aliphatic heterocycles. The highest BCUT2D eigenvalue weighted by atomic mass is 14.9. The second-order valence-corrected chi connectivity index (χ2v) is 15.1. The number of allylic oxidation sites excluding steroid dienone is 1. The highest BCUT2D eigenvalue weighted by Crippen LogP contribution is 2.39. The lowest BCUT2D eigenvalue weighted by atomic mass is 9.86. The molecular formula is C57H40N4. The minimum Gasteiger partial charge on any atom is -0.354 e. The zero-order valence-electron chi connectivity index (χ0n) is 33.3. The maximum atomic E-state index is 9.58. The fourth-order valence-electron chi connectivity index (χ4n) is 8.00. The van der Waals surface area contributed by atoms with Crippen LogP contribution in [0.4, 0.5) is 0 Å². The Morgan fingerprint density at radius 3 is 1.46 bits per heavy atom. The third-order valence-electron chi connectivity index (χ3n) is 11.1. The molecule has 0 amide bonds. The van der Waals surface area contributed by atoms with Crippen molar-refractivity contribution in [2.45, 2.75) is 0 Å². The van der Waals surface area contributed by atoms with E-state index in [1.807, 2.05) is 91.0 Å². The van der Waals surface area contributed by atoms with Gasteiger partial charge in [0.15, 0.2) is 5.82 Å². The summed E-state index contributed by atoms with van der Waals surface area (Å²) in [7, 11) is 0. The number of fused-ring (bicyclic) bond motifs is 1. The average molecular weight is 781 g/mol. The van der Waals surface area contributed by atoms with Gasteiger partial charge in [-0.05, 0) is 63.2 Å². The Morgan fingerprint density at radius 1 is 0.377 bits per heavy atom. The zero-order chi connectivity index (χ0) is 41.0. The second kappa shape index (κ2) is 16.6. The van der Waals surface area contributed by atoms with E-state index < -0.39 is 0 Å². The Kier molecular flexibility index (Phi) is 10.1. The lowest BCUT2D eigenvalue weighted by Gasteiger charge is -2.26. The highest BCUT2D eigenvalue weighted by molar-refractivity contribution is 6.36. The number of hydrogen-bond donors (Lipinski definition) is 2. The molecule has 4 heteroatoms. The molecule has 9 aromatic rings. The van der Waals surface area contributed by atoms with Gasteiger partial charge in [0.1, 0.15) is 0 Å². The number of rotatable bonds is 9. The molecule has 2 N–H and O–H groups in total. The molecule has 0 saturated heterocycles. The molecule has 288 valence electrons. The van der Waals surface area contributed by atoms with Crippen LogP contribution in [0.25, 0.3) is 79.2 Å². The van der Waals surface area contributed by atoms with Gasteiger partial charge in [-0.3, -0.25) is 5.41 Å². The Balaban J connectivity index is 1.03. The number of nitrogens with zero attached hydrogens (tertiary/aromatic N) is 2. The first-order valence-corrected chi connectivity index (χ1v) is 20.5. The van der Waals surface area contributed by atoms with E-state index in [4.69, 9.17) is 9.97 Å². The first kappa shape index (κ1) is 37.1. The van der Waals surface area contributed by atoms with Crippen molar-refractivity contribution in [3.8, 4) is 56.2 Å². The van der Waals surface area contributed by atoms with E-state index in [0.29, 0.717) is 11.5 Å². The largest absolute Gasteiger partial charge is 0.354 e. The van der Waals surface area contributed by atoms with Crippen molar-refractivity contribution in [1.82, 2.24) is 15.3 Å². The van der Waals surface area contributed by atoms with Crippen LogP contribution in [0.2, 0.25) is 0 Å². The fourth-order valence-corrected chi connectivity index (χ4v) is 8.00. The van der Waals surface area contributed by atoms with Crippen molar-refractivity contribution < 1.29 is 0 Å². The molecule has 1 aliphatic rings. The van der Waals surface area contributed by atoms with Crippen LogP contribution in [-0.4, -0.2) is 15.7 Å². The first-order valence-electron chi connectivity index (χ1n) is 20.5. The van der Waals surface area contributed by atoms with Crippen LogP contribution in [0.3, 0.4) is 0 Å². The molecule has 0 saturated carbocycles. The normalized spacial score (nSPS) is 12.8. The Morgan fingerprint density at radius 2 is 0.836 bits per heavy atom. The predicted molar refractivity (Wildman–Crippen MR) is 253 cm³/mol. The van der Waals surface area contributed by atoms with Crippen LogP contribution in [-0.2, 0) is 0 Å². The van der Waals surface area contributed by atoms with Crippen molar-refractivity contribution in [1.29, 1.82) is 5.41 Å². The summed E-state index contributed by atoms with van der Waals surface area (Å²) in [5.74, 6) is 0.702. The Labute approximate surface area is 356 Å². The summed E-state index contributed by atoms with van der Waals surface area (Å²) in [6.07, 6.45) is 2.23. The molecule has 10 rings (SSSR count). The molecule has 0 bridgehead atoms. The van der Waals surface area contributed by atoms with Crippen molar-refractivity contribution in [2.24, 2.45) is 0 Å². The van der Waals surface area contributed by atoms with Gasteiger partial charge in [-0.1, -0.05) is 206 Å². The van der Waals surface area contributed by atoms with Crippen LogP contribution in [0.15, 0.2) is 224 Å². The lowest BCUT2D eigenvalue weighted by Crippen LogP contribution is -2.20. The van der Waals surface area contributed by atoms with Gasteiger partial charge >= 0.3 is 0 Å². The van der Waals surface area contributed by atoms with E-state index in [2.05, 4.69) is 145 Å². The third kappa shape index (κ3) is 7.74. The quantitative estimate of drug-likeness (QED) is 0.143. The predicted octanol–water partition coefficient (Wildman–Crippen LogP) is 13.8. The van der Waals surface area contributed by atoms with Gasteiger partial charge in [0, 0.05) is 39.1 Å². The van der Waals surface area contributed by atoms with Crippen molar-refractivity contribution in [3.63, 3.8) is 0 Å². The van der Waals surface area contributed by atoms with E-state index in [1.54, 1.807) is 0 Å². The monoisotopic (exact) mass is 780 g/mol. The summed E-state index contributed by atoms with van der Waals surface area (Å²) in [5, 5.41) is 13.4. The Bertz CT molecular complexity index is 3010. The second-order valence-electron chi connectivity index (χ2n) is 15.1. The van der Waals surface area contributed by atoms with E-state index in [-0.39, 0.29) is 0 Å². The molecule has 1 aromatic heterocycles. The average Bonchev–Trinajstić information content (AvgIpc) is 3.35. The van der Waals surface area contributed by atoms with Gasteiger partial charge in [-0.15, -0.1) is 0 Å². The molecule has 0 aliphatic carbocycles. The molecule has 8 aromatic carbocycles. The molecule has 0 unspecified atom stereocenters. The van der Waals surface area contributed by atoms with E-state index in [0.717, 1.165) is 95.1 Å². The Hall–Kier alpha value is -8.21. The number of aromatic nitrogens is 2. The van der Waals surface area contributed by atoms with E-state index in [9.17, 15) is 5.41 Å². The first-order chi connectivity index (χ1) is 30.1. The van der Waals surface area contributed by atoms with Crippen molar-refractivity contribution >= 4 is 28.8 Å². The molecule has 61 heavy (non-hydrogen) atoms. The van der Waals surface area contributed by atoms with Gasteiger partial charge in [0.25, 0.3) is 0 Å². The van der Waals surface area contributed by atoms with E-state index in [1.165, 1.54) is 0 Å². The van der Waals surface area contributed by atoms with E-state index >= 15 is 0 Å². The molecule has 0 radical (unpaired) electrons. The van der Waals surface area contributed by atoms with Crippen LogP contribution >= 0.6 is 0 Å². The zero-order valence-corrected chi connectivity index (χ0v) is 33.3. The maximum absolute atomic E-state index is 9.58. The van der Waals surface area contributed by atoms with Crippen LogP contribution in [0.1, 0.15) is 27.8 Å². The minimum atomic E-state index is 0.463. The highest BCUT2D eigenvalue weighted by Gasteiger charge is 2.24. The molecule has 0 fully saturated rings. The minimum absolute atomic E-state index is 0.463. The van der Waals surface area contributed by atoms with Gasteiger partial charge < -0.3 is 5.32 Å². The number of benzene rings is 8. The summed E-state index contributed by atoms with van der Waals surface area (Å²) >= 11 is 0. The molecule has 0 spiro atoms. The van der Waals surface area contributed by atoms with Gasteiger partial charge in [-0.2, -0.15) is 0 Å². The van der Waals surface area contributed by atoms with Crippen molar-refractivity contribution in [2.75, 3.05) is 0 Å². The summed E-state index contributed by atoms with van der Waals surface area (Å²) < 4.78 is 0. The summed E-state index contributed by atoms with van der Waals surface area (Å²) in [6, 6.07) is 77.3. The number of nitrogens with one attached hydrogen (secondary N) is 2. The summed E-state index contributed by atoms with van der Waals surface area (Å²) in [5.41, 5.74) is 17.6. The molecule has 0 atom stereocenters. The molecular weight excluding hydrogens is 741 g/mol. The molecule has 4 nitrogen and oxygen atoms in total.